The zero-order valence-electron chi connectivity index (χ0n) is 12.2. The van der Waals surface area contributed by atoms with E-state index in [1.807, 2.05) is 31.2 Å². The molecule has 2 aromatic rings. The van der Waals surface area contributed by atoms with Crippen LogP contribution in [0.5, 0.6) is 0 Å². The number of nitrogens with zero attached hydrogens (tertiary/aromatic N) is 1. The SMILES string of the molecule is Cc1ccc(CN(C)S(=O)(=O)Cc2cccc(CN)c2)o1. The Kier molecular flexibility index (Phi) is 4.82. The molecule has 0 atom stereocenters. The van der Waals surface area contributed by atoms with E-state index >= 15 is 0 Å². The van der Waals surface area contributed by atoms with Crippen LogP contribution in [0.3, 0.4) is 0 Å². The highest BCUT2D eigenvalue weighted by Gasteiger charge is 2.20. The fourth-order valence-corrected chi connectivity index (χ4v) is 3.20. The number of nitrogens with two attached hydrogens (primary N) is 1. The molecule has 1 aromatic carbocycles. The lowest BCUT2D eigenvalue weighted by Crippen LogP contribution is -2.27. The Morgan fingerprint density at radius 2 is 1.90 bits per heavy atom. The standard InChI is InChI=1S/C15H20N2O3S/c1-12-6-7-15(20-12)10-17(2)21(18,19)11-14-5-3-4-13(8-14)9-16/h3-8H,9-11,16H2,1-2H3. The van der Waals surface area contributed by atoms with Gasteiger partial charge in [-0.1, -0.05) is 24.3 Å². The first kappa shape index (κ1) is 15.8. The summed E-state index contributed by atoms with van der Waals surface area (Å²) in [5, 5.41) is 0. The Morgan fingerprint density at radius 3 is 2.52 bits per heavy atom. The summed E-state index contributed by atoms with van der Waals surface area (Å²) >= 11 is 0. The lowest BCUT2D eigenvalue weighted by Gasteiger charge is -2.16. The van der Waals surface area contributed by atoms with E-state index in [4.69, 9.17) is 10.2 Å². The first-order valence-electron chi connectivity index (χ1n) is 6.68. The van der Waals surface area contributed by atoms with E-state index in [9.17, 15) is 8.42 Å². The zero-order valence-corrected chi connectivity index (χ0v) is 13.1. The van der Waals surface area contributed by atoms with Gasteiger partial charge in [0, 0.05) is 13.6 Å². The van der Waals surface area contributed by atoms with Crippen LogP contribution in [0.2, 0.25) is 0 Å². The van der Waals surface area contributed by atoms with Gasteiger partial charge in [-0.05, 0) is 30.2 Å². The van der Waals surface area contributed by atoms with Gasteiger partial charge in [0.05, 0.1) is 12.3 Å². The molecule has 114 valence electrons. The van der Waals surface area contributed by atoms with E-state index in [2.05, 4.69) is 0 Å². The second kappa shape index (κ2) is 6.43. The Morgan fingerprint density at radius 1 is 1.19 bits per heavy atom. The van der Waals surface area contributed by atoms with Gasteiger partial charge in [0.2, 0.25) is 10.0 Å². The maximum Gasteiger partial charge on any atom is 0.218 e. The van der Waals surface area contributed by atoms with Crippen molar-refractivity contribution in [3.05, 3.63) is 59.0 Å². The molecule has 0 spiro atoms. The molecule has 0 unspecified atom stereocenters. The maximum atomic E-state index is 12.4. The fourth-order valence-electron chi connectivity index (χ4n) is 2.06. The monoisotopic (exact) mass is 308 g/mol. The van der Waals surface area contributed by atoms with Crippen LogP contribution in [-0.4, -0.2) is 19.8 Å². The summed E-state index contributed by atoms with van der Waals surface area (Å²) in [7, 11) is -1.84. The molecule has 0 saturated carbocycles. The molecule has 2 N–H and O–H groups in total. The summed E-state index contributed by atoms with van der Waals surface area (Å²) in [5.41, 5.74) is 7.23. The fraction of sp³-hybridized carbons (Fsp3) is 0.333. The van der Waals surface area contributed by atoms with E-state index in [1.54, 1.807) is 19.2 Å². The number of hydrogen-bond acceptors (Lipinski definition) is 4. The molecule has 0 bridgehead atoms. The number of aryl methyl sites for hydroxylation is 1. The molecule has 0 aliphatic rings. The Balaban J connectivity index is 2.09. The van der Waals surface area contributed by atoms with Crippen LogP contribution in [-0.2, 0) is 28.9 Å². The Bertz CT molecular complexity index is 707. The van der Waals surface area contributed by atoms with Crippen LogP contribution in [0.4, 0.5) is 0 Å². The van der Waals surface area contributed by atoms with E-state index in [0.717, 1.165) is 16.9 Å². The highest BCUT2D eigenvalue weighted by Crippen LogP contribution is 2.15. The van der Waals surface area contributed by atoms with Gasteiger partial charge in [-0.15, -0.1) is 0 Å². The van der Waals surface area contributed by atoms with E-state index in [-0.39, 0.29) is 12.3 Å². The summed E-state index contributed by atoms with van der Waals surface area (Å²) in [4.78, 5) is 0. The highest BCUT2D eigenvalue weighted by atomic mass is 32.2. The summed E-state index contributed by atoms with van der Waals surface area (Å²) in [6.07, 6.45) is 0. The molecule has 21 heavy (non-hydrogen) atoms. The van der Waals surface area contributed by atoms with Gasteiger partial charge < -0.3 is 10.2 Å². The normalized spacial score (nSPS) is 12.0. The third-order valence-electron chi connectivity index (χ3n) is 3.23. The van der Waals surface area contributed by atoms with Gasteiger partial charge in [-0.2, -0.15) is 4.31 Å². The van der Waals surface area contributed by atoms with Crippen LogP contribution in [0.25, 0.3) is 0 Å². The molecule has 0 fully saturated rings. The quantitative estimate of drug-likeness (QED) is 0.885. The summed E-state index contributed by atoms with van der Waals surface area (Å²) < 4.78 is 31.4. The topological polar surface area (TPSA) is 76.5 Å². The van der Waals surface area contributed by atoms with Crippen molar-refractivity contribution in [2.24, 2.45) is 5.73 Å². The molecule has 5 nitrogen and oxygen atoms in total. The molecule has 0 aliphatic carbocycles. The molecule has 1 heterocycles. The third kappa shape index (κ3) is 4.17. The average molecular weight is 308 g/mol. The third-order valence-corrected chi connectivity index (χ3v) is 5.00. The van der Waals surface area contributed by atoms with Gasteiger partial charge in [0.25, 0.3) is 0 Å². The van der Waals surface area contributed by atoms with Crippen molar-refractivity contribution in [2.45, 2.75) is 25.8 Å². The first-order valence-corrected chi connectivity index (χ1v) is 8.29. The molecule has 6 heteroatoms. The molecule has 0 aliphatic heterocycles. The van der Waals surface area contributed by atoms with Gasteiger partial charge >= 0.3 is 0 Å². The van der Waals surface area contributed by atoms with Crippen LogP contribution >= 0.6 is 0 Å². The van der Waals surface area contributed by atoms with Crippen LogP contribution < -0.4 is 5.73 Å². The number of sulfonamides is 1. The molecular formula is C15H20N2O3S. The van der Waals surface area contributed by atoms with E-state index < -0.39 is 10.0 Å². The summed E-state index contributed by atoms with van der Waals surface area (Å²) in [5.74, 6) is 1.36. The van der Waals surface area contributed by atoms with Gasteiger partial charge in [0.15, 0.2) is 0 Å². The summed E-state index contributed by atoms with van der Waals surface area (Å²) in [6.45, 7) is 2.46. The second-order valence-electron chi connectivity index (χ2n) is 5.05. The minimum atomic E-state index is -3.39. The molecule has 0 amide bonds. The molecule has 2 rings (SSSR count). The minimum Gasteiger partial charge on any atom is -0.465 e. The smallest absolute Gasteiger partial charge is 0.218 e. The highest BCUT2D eigenvalue weighted by molar-refractivity contribution is 7.88. The van der Waals surface area contributed by atoms with E-state index in [0.29, 0.717) is 12.3 Å². The van der Waals surface area contributed by atoms with Crippen LogP contribution in [0.1, 0.15) is 22.6 Å². The minimum absolute atomic E-state index is 0.0446. The number of benzene rings is 1. The van der Waals surface area contributed by atoms with Gasteiger partial charge in [-0.25, -0.2) is 8.42 Å². The van der Waals surface area contributed by atoms with Crippen LogP contribution in [0.15, 0.2) is 40.8 Å². The number of rotatable bonds is 6. The van der Waals surface area contributed by atoms with Crippen molar-refractivity contribution in [1.29, 1.82) is 0 Å². The molecule has 1 aromatic heterocycles. The van der Waals surface area contributed by atoms with Crippen molar-refractivity contribution in [2.75, 3.05) is 7.05 Å². The van der Waals surface area contributed by atoms with Crippen LogP contribution in [0, 0.1) is 6.92 Å². The van der Waals surface area contributed by atoms with Gasteiger partial charge in [-0.3, -0.25) is 0 Å². The summed E-state index contributed by atoms with van der Waals surface area (Å²) in [6, 6.07) is 10.9. The average Bonchev–Trinajstić information content (AvgIpc) is 2.83. The number of furan rings is 1. The Hall–Kier alpha value is -1.63. The Labute approximate surface area is 125 Å². The predicted octanol–water partition coefficient (Wildman–Crippen LogP) is 2.01. The lowest BCUT2D eigenvalue weighted by atomic mass is 10.1. The van der Waals surface area contributed by atoms with Gasteiger partial charge in [0.1, 0.15) is 11.5 Å². The van der Waals surface area contributed by atoms with Crippen molar-refractivity contribution < 1.29 is 12.8 Å². The maximum absolute atomic E-state index is 12.4. The first-order chi connectivity index (χ1) is 9.90. The van der Waals surface area contributed by atoms with E-state index in [1.165, 1.54) is 4.31 Å². The molecule has 0 saturated heterocycles. The predicted molar refractivity (Wildman–Crippen MR) is 81.9 cm³/mol. The van der Waals surface area contributed by atoms with Crippen molar-refractivity contribution >= 4 is 10.0 Å². The van der Waals surface area contributed by atoms with Crippen molar-refractivity contribution in [1.82, 2.24) is 4.31 Å². The number of hydrogen-bond donors (Lipinski definition) is 1. The molecule has 0 radical (unpaired) electrons. The largest absolute Gasteiger partial charge is 0.465 e. The van der Waals surface area contributed by atoms with Crippen molar-refractivity contribution in [3.63, 3.8) is 0 Å². The molecular weight excluding hydrogens is 288 g/mol. The second-order valence-corrected chi connectivity index (χ2v) is 7.12. The van der Waals surface area contributed by atoms with Crippen molar-refractivity contribution in [3.8, 4) is 0 Å². The zero-order chi connectivity index (χ0) is 15.5. The lowest BCUT2D eigenvalue weighted by molar-refractivity contribution is 0.397.